The molecule has 4 aromatic carbocycles. The van der Waals surface area contributed by atoms with Gasteiger partial charge in [0, 0.05) is 32.5 Å². The molecule has 6 aromatic rings. The normalized spacial score (nSPS) is 11.9. The van der Waals surface area contributed by atoms with E-state index in [0.717, 1.165) is 22.5 Å². The maximum Gasteiger partial charge on any atom is 0.0198 e. The van der Waals surface area contributed by atoms with Crippen LogP contribution in [0.1, 0.15) is 79.0 Å². The van der Waals surface area contributed by atoms with Crippen LogP contribution in [0, 0.1) is 12.1 Å². The van der Waals surface area contributed by atoms with Crippen molar-refractivity contribution in [1.82, 2.24) is 9.97 Å². The molecule has 2 heterocycles. The van der Waals surface area contributed by atoms with Crippen molar-refractivity contribution in [2.75, 3.05) is 0 Å². The van der Waals surface area contributed by atoms with E-state index in [1.807, 2.05) is 12.4 Å². The van der Waals surface area contributed by atoms with Gasteiger partial charge >= 0.3 is 0 Å². The van der Waals surface area contributed by atoms with Crippen molar-refractivity contribution < 1.29 is 20.1 Å². The first-order chi connectivity index (χ1) is 20.7. The van der Waals surface area contributed by atoms with Gasteiger partial charge in [-0.1, -0.05) is 128 Å². The van der Waals surface area contributed by atoms with Crippen molar-refractivity contribution in [3.05, 3.63) is 132 Å². The van der Waals surface area contributed by atoms with E-state index in [-0.39, 0.29) is 36.4 Å². The summed E-state index contributed by atoms with van der Waals surface area (Å²) in [6, 6.07) is 38.8. The first-order valence-corrected chi connectivity index (χ1v) is 15.5. The molecule has 233 valence electrons. The zero-order valence-corrected chi connectivity index (χ0v) is 30.4. The van der Waals surface area contributed by atoms with Crippen LogP contribution in [0.2, 0.25) is 0 Å². The number of hydrogen-bond donors (Lipinski definition) is 0. The molecule has 2 nitrogen and oxygen atoms in total. The van der Waals surface area contributed by atoms with Gasteiger partial charge in [-0.3, -0.25) is 0 Å². The average molecular weight is 769 g/mol. The summed E-state index contributed by atoms with van der Waals surface area (Å²) in [5, 5.41) is 5.00. The Morgan fingerprint density at radius 2 is 1.13 bits per heavy atom. The van der Waals surface area contributed by atoms with Gasteiger partial charge in [-0.15, -0.1) is 64.5 Å². The smallest absolute Gasteiger partial charge is 0.0198 e. The zero-order chi connectivity index (χ0) is 31.7. The fourth-order valence-corrected chi connectivity index (χ4v) is 5.19. The molecule has 3 heteroatoms. The summed E-state index contributed by atoms with van der Waals surface area (Å²) in [7, 11) is 0. The molecule has 0 saturated heterocycles. The van der Waals surface area contributed by atoms with Gasteiger partial charge in [0.25, 0.3) is 0 Å². The van der Waals surface area contributed by atoms with Crippen molar-refractivity contribution in [1.29, 1.82) is 0 Å². The maximum absolute atomic E-state index is 4.58. The zero-order valence-electron chi connectivity index (χ0n) is 28.0. The summed E-state index contributed by atoms with van der Waals surface area (Å²) in [4.78, 5) is 9.14. The van der Waals surface area contributed by atoms with Crippen LogP contribution in [0.15, 0.2) is 103 Å². The molecule has 0 saturated carbocycles. The second kappa shape index (κ2) is 13.4. The largest absolute Gasteiger partial charge is 0.305 e. The number of pyridine rings is 2. The number of benzene rings is 4. The van der Waals surface area contributed by atoms with Crippen molar-refractivity contribution in [3.8, 4) is 22.5 Å². The molecule has 0 spiro atoms. The summed E-state index contributed by atoms with van der Waals surface area (Å²) >= 11 is 0. The van der Waals surface area contributed by atoms with Crippen LogP contribution in [0.25, 0.3) is 44.1 Å². The van der Waals surface area contributed by atoms with E-state index >= 15 is 0 Å². The van der Waals surface area contributed by atoms with Gasteiger partial charge in [-0.2, -0.15) is 0 Å². The molecule has 0 aliphatic rings. The Kier molecular flexibility index (Phi) is 10.2. The molecule has 0 bridgehead atoms. The second-order valence-electron chi connectivity index (χ2n) is 14.7. The minimum absolute atomic E-state index is 0. The van der Waals surface area contributed by atoms with Gasteiger partial charge < -0.3 is 9.97 Å². The molecule has 0 fully saturated rings. The number of hydrogen-bond acceptors (Lipinski definition) is 2. The Labute approximate surface area is 283 Å². The van der Waals surface area contributed by atoms with Crippen molar-refractivity contribution in [2.24, 2.45) is 0 Å². The van der Waals surface area contributed by atoms with Crippen LogP contribution in [0.5, 0.6) is 0 Å². The topological polar surface area (TPSA) is 25.8 Å². The monoisotopic (exact) mass is 769 g/mol. The van der Waals surface area contributed by atoms with E-state index in [1.54, 1.807) is 0 Å². The molecule has 0 aliphatic carbocycles. The predicted octanol–water partition coefficient (Wildman–Crippen LogP) is 11.3. The third-order valence-corrected chi connectivity index (χ3v) is 8.16. The van der Waals surface area contributed by atoms with Crippen molar-refractivity contribution >= 4 is 21.5 Å². The Balaban J connectivity index is 0.000000204. The fraction of sp³-hybridized carbons (Fsp3) is 0.286. The van der Waals surface area contributed by atoms with Gasteiger partial charge in [0.15, 0.2) is 0 Å². The Morgan fingerprint density at radius 3 is 1.76 bits per heavy atom. The van der Waals surface area contributed by atoms with E-state index in [1.165, 1.54) is 38.2 Å². The van der Waals surface area contributed by atoms with Gasteiger partial charge in [0.05, 0.1) is 0 Å². The second-order valence-corrected chi connectivity index (χ2v) is 14.7. The average Bonchev–Trinajstić information content (AvgIpc) is 3.00. The molecular formula is C42H44IrN2-2. The number of aromatic nitrogens is 2. The summed E-state index contributed by atoms with van der Waals surface area (Å²) in [5.41, 5.74) is 8.34. The van der Waals surface area contributed by atoms with Crippen molar-refractivity contribution in [2.45, 2.75) is 78.6 Å². The van der Waals surface area contributed by atoms with Crippen molar-refractivity contribution in [3.63, 3.8) is 0 Å². The molecule has 2 aromatic heterocycles. The number of fused-ring (bicyclic) bond motifs is 3. The standard InChI is InChI=1S/C23H20N.C19H24N.Ir/c1-23(2,3)19-12-13-24-22(15-19)18-10-11-21-17(14-18)9-8-16-6-4-5-7-20(16)21;1-18(2,3)15-9-7-14(8-10-15)17-12-11-16(13-20-17)19(4,5)6;/h4-9,11-15H,1-3H3;7,9-13H,1-6H3;/q2*-1;. The van der Waals surface area contributed by atoms with Crippen LogP contribution < -0.4 is 0 Å². The van der Waals surface area contributed by atoms with E-state index in [4.69, 9.17) is 0 Å². The van der Waals surface area contributed by atoms with E-state index < -0.39 is 0 Å². The number of nitrogens with zero attached hydrogens (tertiary/aromatic N) is 2. The molecule has 0 atom stereocenters. The number of rotatable bonds is 2. The molecule has 6 rings (SSSR count). The molecule has 0 unspecified atom stereocenters. The summed E-state index contributed by atoms with van der Waals surface area (Å²) in [6.45, 7) is 19.9. The van der Waals surface area contributed by atoms with Crippen LogP contribution in [-0.2, 0) is 36.4 Å². The maximum atomic E-state index is 4.58. The quantitative estimate of drug-likeness (QED) is 0.130. The van der Waals surface area contributed by atoms with Crippen LogP contribution in [0.3, 0.4) is 0 Å². The predicted molar refractivity (Wildman–Crippen MR) is 188 cm³/mol. The SMILES string of the molecule is CC(C)(C)c1c[c-]c(-c2ccc(C(C)(C)C)cn2)cc1.CC(C)(C)c1ccnc(-c2[c-]cc3c(ccc4ccccc43)c2)c1.[Ir]. The Hall–Kier alpha value is -3.65. The molecule has 1 radical (unpaired) electrons. The molecule has 0 N–H and O–H groups in total. The summed E-state index contributed by atoms with van der Waals surface area (Å²) in [6.07, 6.45) is 3.87. The first kappa shape index (κ1) is 34.2. The Morgan fingerprint density at radius 1 is 0.489 bits per heavy atom. The van der Waals surface area contributed by atoms with Crippen LogP contribution in [0.4, 0.5) is 0 Å². The third-order valence-electron chi connectivity index (χ3n) is 8.16. The van der Waals surface area contributed by atoms with E-state index in [9.17, 15) is 0 Å². The van der Waals surface area contributed by atoms with Gasteiger partial charge in [0.2, 0.25) is 0 Å². The first-order valence-electron chi connectivity index (χ1n) is 15.5. The van der Waals surface area contributed by atoms with Gasteiger partial charge in [-0.05, 0) is 50.2 Å². The molecule has 0 amide bonds. The third kappa shape index (κ3) is 8.15. The minimum Gasteiger partial charge on any atom is -0.305 e. The van der Waals surface area contributed by atoms with Crippen LogP contribution >= 0.6 is 0 Å². The summed E-state index contributed by atoms with van der Waals surface area (Å²) in [5.74, 6) is 0. The fourth-order valence-electron chi connectivity index (χ4n) is 5.19. The molecule has 45 heavy (non-hydrogen) atoms. The van der Waals surface area contributed by atoms with Gasteiger partial charge in [-0.25, -0.2) is 0 Å². The minimum atomic E-state index is 0. The van der Waals surface area contributed by atoms with E-state index in [2.05, 4.69) is 175 Å². The van der Waals surface area contributed by atoms with Crippen LogP contribution in [-0.4, -0.2) is 9.97 Å². The van der Waals surface area contributed by atoms with Gasteiger partial charge in [0.1, 0.15) is 0 Å². The Bertz CT molecular complexity index is 1830. The molecular weight excluding hydrogens is 725 g/mol. The molecule has 0 aliphatic heterocycles. The summed E-state index contributed by atoms with van der Waals surface area (Å²) < 4.78 is 0. The van der Waals surface area contributed by atoms with E-state index in [0.29, 0.717) is 0 Å².